The zero-order valence-corrected chi connectivity index (χ0v) is 11.5. The highest BCUT2D eigenvalue weighted by molar-refractivity contribution is 5.90. The van der Waals surface area contributed by atoms with Crippen molar-refractivity contribution >= 4 is 11.8 Å². The molecule has 5 nitrogen and oxygen atoms in total. The number of amides is 2. The van der Waals surface area contributed by atoms with Gasteiger partial charge in [0.15, 0.2) is 0 Å². The van der Waals surface area contributed by atoms with E-state index in [4.69, 9.17) is 4.74 Å². The Morgan fingerprint density at radius 2 is 2.15 bits per heavy atom. The third-order valence-corrected chi connectivity index (χ3v) is 3.93. The molecule has 1 fully saturated rings. The fourth-order valence-electron chi connectivity index (χ4n) is 2.81. The number of fused-ring (bicyclic) bond motifs is 1. The van der Waals surface area contributed by atoms with E-state index < -0.39 is 6.04 Å². The monoisotopic (exact) mass is 274 g/mol. The predicted molar refractivity (Wildman–Crippen MR) is 73.4 cm³/mol. The molecule has 2 aliphatic heterocycles. The van der Waals surface area contributed by atoms with Gasteiger partial charge in [0.1, 0.15) is 17.9 Å². The lowest BCUT2D eigenvalue weighted by molar-refractivity contribution is -0.135. The summed E-state index contributed by atoms with van der Waals surface area (Å²) in [7, 11) is 0. The summed E-state index contributed by atoms with van der Waals surface area (Å²) < 4.78 is 5.85. The van der Waals surface area contributed by atoms with Crippen molar-refractivity contribution in [3.63, 3.8) is 0 Å². The van der Waals surface area contributed by atoms with Gasteiger partial charge >= 0.3 is 0 Å². The van der Waals surface area contributed by atoms with Gasteiger partial charge < -0.3 is 15.0 Å². The summed E-state index contributed by atoms with van der Waals surface area (Å²) in [5.74, 6) is 0.682. The van der Waals surface area contributed by atoms with Gasteiger partial charge in [0.25, 0.3) is 0 Å². The molecule has 0 bridgehead atoms. The van der Waals surface area contributed by atoms with E-state index in [0.717, 1.165) is 11.3 Å². The van der Waals surface area contributed by atoms with Gasteiger partial charge in [-0.25, -0.2) is 0 Å². The number of nitrogens with one attached hydrogen (secondary N) is 1. The topological polar surface area (TPSA) is 58.6 Å². The van der Waals surface area contributed by atoms with Crippen molar-refractivity contribution in [3.8, 4) is 5.75 Å². The SMILES string of the molecule is CCN1CCC(=O)N[C@@H]([C@@H]2Cc3ccccc3O2)C1=O. The third-order valence-electron chi connectivity index (χ3n) is 3.93. The van der Waals surface area contributed by atoms with Crippen LogP contribution in [-0.2, 0) is 16.0 Å². The van der Waals surface area contributed by atoms with E-state index in [1.165, 1.54) is 0 Å². The molecule has 3 rings (SSSR count). The number of rotatable bonds is 2. The number of ether oxygens (including phenoxy) is 1. The summed E-state index contributed by atoms with van der Waals surface area (Å²) in [5.41, 5.74) is 1.09. The number of likely N-dealkylation sites (N-methyl/N-ethyl adjacent to an activating group) is 1. The van der Waals surface area contributed by atoms with Gasteiger partial charge in [-0.05, 0) is 18.6 Å². The molecule has 0 radical (unpaired) electrons. The molecule has 1 aromatic carbocycles. The highest BCUT2D eigenvalue weighted by atomic mass is 16.5. The Hall–Kier alpha value is -2.04. The van der Waals surface area contributed by atoms with Gasteiger partial charge in [-0.15, -0.1) is 0 Å². The fourth-order valence-corrected chi connectivity index (χ4v) is 2.81. The van der Waals surface area contributed by atoms with Crippen molar-refractivity contribution in [2.75, 3.05) is 13.1 Å². The lowest BCUT2D eigenvalue weighted by Crippen LogP contribution is -2.53. The highest BCUT2D eigenvalue weighted by Gasteiger charge is 2.39. The minimum absolute atomic E-state index is 0.0452. The van der Waals surface area contributed by atoms with Gasteiger partial charge in [0.05, 0.1) is 0 Å². The average molecular weight is 274 g/mol. The molecule has 0 spiro atoms. The smallest absolute Gasteiger partial charge is 0.249 e. The molecule has 2 heterocycles. The summed E-state index contributed by atoms with van der Waals surface area (Å²) in [6, 6.07) is 7.17. The molecular weight excluding hydrogens is 256 g/mol. The van der Waals surface area contributed by atoms with E-state index in [1.54, 1.807) is 4.90 Å². The summed E-state index contributed by atoms with van der Waals surface area (Å²) in [4.78, 5) is 26.0. The van der Waals surface area contributed by atoms with Gasteiger partial charge in [-0.3, -0.25) is 9.59 Å². The molecule has 0 aromatic heterocycles. The molecule has 1 saturated heterocycles. The van der Waals surface area contributed by atoms with Crippen molar-refractivity contribution < 1.29 is 14.3 Å². The zero-order chi connectivity index (χ0) is 14.1. The Bertz CT molecular complexity index is 519. The predicted octanol–water partition coefficient (Wildman–Crippen LogP) is 0.727. The van der Waals surface area contributed by atoms with E-state index in [9.17, 15) is 9.59 Å². The normalized spacial score (nSPS) is 25.8. The van der Waals surface area contributed by atoms with Crippen molar-refractivity contribution in [2.45, 2.75) is 31.9 Å². The number of hydrogen-bond acceptors (Lipinski definition) is 3. The minimum atomic E-state index is -0.586. The number of para-hydroxylation sites is 1. The molecular formula is C15H18N2O3. The Labute approximate surface area is 117 Å². The summed E-state index contributed by atoms with van der Waals surface area (Å²) in [6.45, 7) is 3.02. The second-order valence-corrected chi connectivity index (χ2v) is 5.18. The minimum Gasteiger partial charge on any atom is -0.487 e. The van der Waals surface area contributed by atoms with Crippen LogP contribution in [0.4, 0.5) is 0 Å². The maximum absolute atomic E-state index is 12.5. The van der Waals surface area contributed by atoms with E-state index in [0.29, 0.717) is 25.9 Å². The largest absolute Gasteiger partial charge is 0.487 e. The second-order valence-electron chi connectivity index (χ2n) is 5.18. The number of carbonyl (C=O) groups is 2. The summed E-state index contributed by atoms with van der Waals surface area (Å²) >= 11 is 0. The molecule has 0 saturated carbocycles. The van der Waals surface area contributed by atoms with E-state index in [2.05, 4.69) is 5.32 Å². The van der Waals surface area contributed by atoms with Gasteiger partial charge in [-0.1, -0.05) is 18.2 Å². The van der Waals surface area contributed by atoms with Gasteiger partial charge in [0, 0.05) is 25.9 Å². The quantitative estimate of drug-likeness (QED) is 0.865. The van der Waals surface area contributed by atoms with Crippen molar-refractivity contribution in [3.05, 3.63) is 29.8 Å². The van der Waals surface area contributed by atoms with Crippen LogP contribution in [0.3, 0.4) is 0 Å². The van der Waals surface area contributed by atoms with Crippen LogP contribution in [0.15, 0.2) is 24.3 Å². The first-order chi connectivity index (χ1) is 9.69. The van der Waals surface area contributed by atoms with Crippen molar-refractivity contribution in [2.24, 2.45) is 0 Å². The van der Waals surface area contributed by atoms with Crippen molar-refractivity contribution in [1.29, 1.82) is 0 Å². The lowest BCUT2D eigenvalue weighted by atomic mass is 10.0. The van der Waals surface area contributed by atoms with Gasteiger partial charge in [-0.2, -0.15) is 0 Å². The molecule has 2 atom stereocenters. The lowest BCUT2D eigenvalue weighted by Gasteiger charge is -2.26. The summed E-state index contributed by atoms with van der Waals surface area (Å²) in [6.07, 6.45) is 0.705. The Balaban J connectivity index is 1.82. The van der Waals surface area contributed by atoms with Crippen LogP contribution in [0.1, 0.15) is 18.9 Å². The maximum atomic E-state index is 12.5. The first-order valence-corrected chi connectivity index (χ1v) is 7.01. The van der Waals surface area contributed by atoms with Crippen LogP contribution in [-0.4, -0.2) is 41.9 Å². The number of hydrogen-bond donors (Lipinski definition) is 1. The number of nitrogens with zero attached hydrogens (tertiary/aromatic N) is 1. The molecule has 1 N–H and O–H groups in total. The number of carbonyl (C=O) groups excluding carboxylic acids is 2. The molecule has 0 unspecified atom stereocenters. The first-order valence-electron chi connectivity index (χ1n) is 7.01. The third kappa shape index (κ3) is 2.24. The highest BCUT2D eigenvalue weighted by Crippen LogP contribution is 2.30. The fraction of sp³-hybridized carbons (Fsp3) is 0.467. The van der Waals surface area contributed by atoms with Crippen LogP contribution in [0, 0.1) is 0 Å². The standard InChI is InChI=1S/C15H18N2O3/c1-2-17-8-7-13(18)16-14(15(17)19)12-9-10-5-3-4-6-11(10)20-12/h3-6,12,14H,2,7-9H2,1H3,(H,16,18)/t12-,14-/m0/s1. The van der Waals surface area contributed by atoms with Gasteiger partial charge in [0.2, 0.25) is 11.8 Å². The number of benzene rings is 1. The molecule has 106 valence electrons. The van der Waals surface area contributed by atoms with Crippen molar-refractivity contribution in [1.82, 2.24) is 10.2 Å². The van der Waals surface area contributed by atoms with E-state index in [1.807, 2.05) is 31.2 Å². The van der Waals surface area contributed by atoms with E-state index in [-0.39, 0.29) is 17.9 Å². The van der Waals surface area contributed by atoms with Crippen LogP contribution in [0.25, 0.3) is 0 Å². The first kappa shape index (κ1) is 13.0. The second kappa shape index (κ2) is 5.15. The zero-order valence-electron chi connectivity index (χ0n) is 11.5. The Morgan fingerprint density at radius 1 is 1.35 bits per heavy atom. The molecule has 2 amide bonds. The average Bonchev–Trinajstić information content (AvgIpc) is 2.82. The van der Waals surface area contributed by atoms with Crippen LogP contribution >= 0.6 is 0 Å². The maximum Gasteiger partial charge on any atom is 0.249 e. The molecule has 0 aliphatic carbocycles. The Kier molecular flexibility index (Phi) is 3.34. The van der Waals surface area contributed by atoms with Crippen LogP contribution in [0.2, 0.25) is 0 Å². The Morgan fingerprint density at radius 3 is 2.90 bits per heavy atom. The summed E-state index contributed by atoms with van der Waals surface area (Å²) in [5, 5.41) is 2.81. The molecule has 5 heteroatoms. The van der Waals surface area contributed by atoms with E-state index >= 15 is 0 Å². The van der Waals surface area contributed by atoms with Crippen LogP contribution in [0.5, 0.6) is 5.75 Å². The molecule has 1 aromatic rings. The molecule has 2 aliphatic rings. The molecule has 20 heavy (non-hydrogen) atoms. The van der Waals surface area contributed by atoms with Crippen LogP contribution < -0.4 is 10.1 Å².